The molecule has 0 fully saturated rings. The summed E-state index contributed by atoms with van der Waals surface area (Å²) in [4.78, 5) is 10.3. The smallest absolute Gasteiger partial charge is 0.303 e. The van der Waals surface area contributed by atoms with Gasteiger partial charge in [-0.1, -0.05) is 70.4 Å². The first-order valence-corrected chi connectivity index (χ1v) is 8.64. The van der Waals surface area contributed by atoms with Crippen LogP contribution in [0.1, 0.15) is 96.8 Å². The van der Waals surface area contributed by atoms with Crippen LogP contribution in [-0.4, -0.2) is 11.1 Å². The Hall–Kier alpha value is -0.790. The number of carbonyl (C=O) groups is 1. The first-order valence-electron chi connectivity index (χ1n) is 8.64. The predicted molar refractivity (Wildman–Crippen MR) is 87.1 cm³/mol. The van der Waals surface area contributed by atoms with E-state index in [1.54, 1.807) is 0 Å². The second kappa shape index (κ2) is 16.3. The normalized spacial score (nSPS) is 11.2. The van der Waals surface area contributed by atoms with Gasteiger partial charge in [0.25, 0.3) is 0 Å². The van der Waals surface area contributed by atoms with Crippen LogP contribution in [0.3, 0.4) is 0 Å². The molecular formula is C18H34O2. The van der Waals surface area contributed by atoms with E-state index in [0.717, 1.165) is 12.8 Å². The van der Waals surface area contributed by atoms with Crippen molar-refractivity contribution in [3.8, 4) is 0 Å². The van der Waals surface area contributed by atoms with E-state index in [2.05, 4.69) is 19.1 Å². The Bertz CT molecular complexity index is 234. The van der Waals surface area contributed by atoms with Crippen molar-refractivity contribution < 1.29 is 9.90 Å². The monoisotopic (exact) mass is 284 g/mol. The molecular weight excluding hydrogens is 250 g/mol. The van der Waals surface area contributed by atoms with E-state index < -0.39 is 5.97 Å². The van der Waals surface area contributed by atoms with Crippen LogP contribution in [-0.2, 0) is 4.79 Å². The van der Waals surface area contributed by atoms with Gasteiger partial charge in [-0.2, -0.15) is 0 Å². The second-order valence-corrected chi connectivity index (χ2v) is 5.73. The van der Waals surface area contributed by atoms with Crippen LogP contribution >= 0.6 is 0 Å². The number of hydrogen-bond acceptors (Lipinski definition) is 1. The van der Waals surface area contributed by atoms with Crippen LogP contribution in [0.2, 0.25) is 0 Å². The summed E-state index contributed by atoms with van der Waals surface area (Å²) in [6.45, 7) is 2.26. The zero-order chi connectivity index (χ0) is 14.9. The third kappa shape index (κ3) is 17.2. The standard InChI is InChI=1S/C18H34O2/c1-2-3-4-5-6-7-8-9-10-11-12-13-14-15-16-17-18(19)20/h9-10H,2-8,11-17H2,1H3,(H,19,20)/b10-9-/i18+2. The van der Waals surface area contributed by atoms with E-state index in [1.165, 1.54) is 70.6 Å². The number of allylic oxidation sites excluding steroid dienone is 2. The Labute approximate surface area is 125 Å². The van der Waals surface area contributed by atoms with Gasteiger partial charge in [0.1, 0.15) is 0 Å². The fraction of sp³-hybridized carbons (Fsp3) is 0.833. The average Bonchev–Trinajstić information content (AvgIpc) is 2.43. The lowest BCUT2D eigenvalue weighted by Crippen LogP contribution is -1.93. The maximum absolute atomic E-state index is 10.3. The molecule has 118 valence electrons. The molecule has 1 N–H and O–H groups in total. The Balaban J connectivity index is 3.07. The van der Waals surface area contributed by atoms with Gasteiger partial charge in [0.15, 0.2) is 0 Å². The summed E-state index contributed by atoms with van der Waals surface area (Å²) in [6.07, 6.45) is 21.2. The number of carboxylic acid groups (broad SMARTS) is 1. The maximum atomic E-state index is 10.3. The molecule has 0 atom stereocenters. The van der Waals surface area contributed by atoms with Crippen molar-refractivity contribution in [2.24, 2.45) is 0 Å². The minimum atomic E-state index is -0.664. The van der Waals surface area contributed by atoms with Crippen LogP contribution in [0.4, 0.5) is 0 Å². The quantitative estimate of drug-likeness (QED) is 0.291. The van der Waals surface area contributed by atoms with Gasteiger partial charge in [-0.3, -0.25) is 4.79 Å². The van der Waals surface area contributed by atoms with E-state index in [-0.39, 0.29) is 0 Å². The molecule has 0 aromatic carbocycles. The maximum Gasteiger partial charge on any atom is 0.303 e. The first-order chi connectivity index (χ1) is 9.77. The largest absolute Gasteiger partial charge is 0.481 e. The van der Waals surface area contributed by atoms with Gasteiger partial charge in [0, 0.05) is 6.42 Å². The van der Waals surface area contributed by atoms with E-state index in [0.29, 0.717) is 6.42 Å². The highest BCUT2D eigenvalue weighted by atomic mass is 16.6. The van der Waals surface area contributed by atoms with Gasteiger partial charge in [0.2, 0.25) is 0 Å². The van der Waals surface area contributed by atoms with Gasteiger partial charge in [0.05, 0.1) is 0 Å². The summed E-state index contributed by atoms with van der Waals surface area (Å²) < 4.78 is 0. The van der Waals surface area contributed by atoms with Crippen LogP contribution in [0, 0.1) is 0 Å². The highest BCUT2D eigenvalue weighted by molar-refractivity contribution is 5.66. The lowest BCUT2D eigenvalue weighted by atomic mass is 10.1. The molecule has 0 heterocycles. The minimum absolute atomic E-state index is 0.332. The van der Waals surface area contributed by atoms with Crippen molar-refractivity contribution in [2.75, 3.05) is 0 Å². The highest BCUT2D eigenvalue weighted by Gasteiger charge is 1.95. The van der Waals surface area contributed by atoms with Gasteiger partial charge in [-0.05, 0) is 32.1 Å². The van der Waals surface area contributed by atoms with Gasteiger partial charge in [-0.25, -0.2) is 0 Å². The van der Waals surface area contributed by atoms with Crippen LogP contribution in [0.5, 0.6) is 0 Å². The molecule has 0 aliphatic rings. The summed E-state index contributed by atoms with van der Waals surface area (Å²) in [5.74, 6) is -0.664. The molecule has 0 saturated heterocycles. The van der Waals surface area contributed by atoms with Crippen molar-refractivity contribution in [3.63, 3.8) is 0 Å². The molecule has 0 aliphatic heterocycles. The van der Waals surface area contributed by atoms with E-state index in [9.17, 15) is 4.79 Å². The number of rotatable bonds is 15. The number of aliphatic carboxylic acids is 1. The molecule has 0 saturated carbocycles. The fourth-order valence-corrected chi connectivity index (χ4v) is 2.35. The third-order valence-corrected chi connectivity index (χ3v) is 3.65. The molecule has 0 aromatic rings. The zero-order valence-electron chi connectivity index (χ0n) is 13.4. The summed E-state index contributed by atoms with van der Waals surface area (Å²) in [7, 11) is 0. The Morgan fingerprint density at radius 3 is 1.70 bits per heavy atom. The number of unbranched alkanes of at least 4 members (excludes halogenated alkanes) is 11. The molecule has 0 amide bonds. The van der Waals surface area contributed by atoms with E-state index in [1.807, 2.05) is 0 Å². The molecule has 0 bridgehead atoms. The molecule has 0 rings (SSSR count). The molecule has 2 nitrogen and oxygen atoms in total. The first kappa shape index (κ1) is 19.2. The van der Waals surface area contributed by atoms with Crippen LogP contribution < -0.4 is 0 Å². The summed E-state index contributed by atoms with van der Waals surface area (Å²) in [5.41, 5.74) is 0. The molecule has 0 spiro atoms. The van der Waals surface area contributed by atoms with E-state index >= 15 is 0 Å². The van der Waals surface area contributed by atoms with Crippen molar-refractivity contribution in [1.29, 1.82) is 0 Å². The summed E-state index contributed by atoms with van der Waals surface area (Å²) in [6, 6.07) is 0. The van der Waals surface area contributed by atoms with Gasteiger partial charge >= 0.3 is 5.97 Å². The lowest BCUT2D eigenvalue weighted by Gasteiger charge is -1.99. The zero-order valence-corrected chi connectivity index (χ0v) is 13.4. The minimum Gasteiger partial charge on any atom is -0.481 e. The van der Waals surface area contributed by atoms with E-state index in [4.69, 9.17) is 5.11 Å². The SMILES string of the molecule is CCCCCCCC/C=C\CCCCCCC[14C](=O)O. The molecule has 0 aromatic heterocycles. The van der Waals surface area contributed by atoms with Crippen molar-refractivity contribution in [1.82, 2.24) is 0 Å². The van der Waals surface area contributed by atoms with Crippen molar-refractivity contribution in [2.45, 2.75) is 96.8 Å². The molecule has 2 heteroatoms. The average molecular weight is 284 g/mol. The summed E-state index contributed by atoms with van der Waals surface area (Å²) in [5, 5.41) is 8.51. The Morgan fingerprint density at radius 1 is 0.750 bits per heavy atom. The van der Waals surface area contributed by atoms with Gasteiger partial charge < -0.3 is 5.11 Å². The molecule has 0 unspecified atom stereocenters. The lowest BCUT2D eigenvalue weighted by molar-refractivity contribution is -0.137. The Kier molecular flexibility index (Phi) is 15.6. The highest BCUT2D eigenvalue weighted by Crippen LogP contribution is 2.09. The number of carboxylic acids is 1. The molecule has 20 heavy (non-hydrogen) atoms. The van der Waals surface area contributed by atoms with Crippen LogP contribution in [0.15, 0.2) is 12.2 Å². The van der Waals surface area contributed by atoms with Crippen molar-refractivity contribution in [3.05, 3.63) is 12.2 Å². The van der Waals surface area contributed by atoms with Crippen molar-refractivity contribution >= 4 is 5.97 Å². The molecule has 0 radical (unpaired) electrons. The summed E-state index contributed by atoms with van der Waals surface area (Å²) >= 11 is 0. The Morgan fingerprint density at radius 2 is 1.20 bits per heavy atom. The second-order valence-electron chi connectivity index (χ2n) is 5.73. The van der Waals surface area contributed by atoms with Gasteiger partial charge in [-0.15, -0.1) is 0 Å². The third-order valence-electron chi connectivity index (χ3n) is 3.65. The topological polar surface area (TPSA) is 37.3 Å². The molecule has 0 aliphatic carbocycles. The van der Waals surface area contributed by atoms with Crippen LogP contribution in [0.25, 0.3) is 0 Å². The predicted octanol–water partition coefficient (Wildman–Crippen LogP) is 6.11. The fourth-order valence-electron chi connectivity index (χ4n) is 2.35. The number of hydrogen-bond donors (Lipinski definition) is 1.